The molecule has 0 atom stereocenters. The van der Waals surface area contributed by atoms with Crippen molar-refractivity contribution < 1.29 is 28.8 Å². The summed E-state index contributed by atoms with van der Waals surface area (Å²) in [4.78, 5) is 46.0. The number of carbonyl (C=O) groups is 3. The molecule has 0 aromatic heterocycles. The van der Waals surface area contributed by atoms with E-state index in [4.69, 9.17) is 27.9 Å². The summed E-state index contributed by atoms with van der Waals surface area (Å²) in [6.45, 7) is -0.632. The number of rotatable bonds is 6. The summed E-state index contributed by atoms with van der Waals surface area (Å²) in [5.41, 5.74) is -0.798. The summed E-state index contributed by atoms with van der Waals surface area (Å²) in [7, 11) is 1.09. The first-order valence-corrected chi connectivity index (χ1v) is 8.01. The molecular weight excluding hydrogens is 401 g/mol. The standard InChI is InChI=1S/C17H11Cl2NO7/c1-26-16(22)10-4-11(6-12(5-10)20(24)25)17(23)27-8-15(21)9-2-3-13(18)14(19)7-9/h2-7H,8H2,1H3. The van der Waals surface area contributed by atoms with Crippen molar-refractivity contribution in [2.75, 3.05) is 13.7 Å². The van der Waals surface area contributed by atoms with Crippen LogP contribution in [0.1, 0.15) is 31.1 Å². The maximum absolute atomic E-state index is 12.1. The van der Waals surface area contributed by atoms with Crippen molar-refractivity contribution in [1.29, 1.82) is 0 Å². The number of esters is 2. The second-order valence-corrected chi connectivity index (χ2v) is 5.96. The van der Waals surface area contributed by atoms with Gasteiger partial charge in [0.25, 0.3) is 5.69 Å². The van der Waals surface area contributed by atoms with E-state index in [-0.39, 0.29) is 26.7 Å². The molecule has 0 unspecified atom stereocenters. The average Bonchev–Trinajstić information content (AvgIpc) is 2.66. The Kier molecular flexibility index (Phi) is 6.49. The number of ketones is 1. The van der Waals surface area contributed by atoms with Crippen LogP contribution in [0.3, 0.4) is 0 Å². The Morgan fingerprint density at radius 2 is 1.59 bits per heavy atom. The fraction of sp³-hybridized carbons (Fsp3) is 0.118. The minimum absolute atomic E-state index is 0.162. The van der Waals surface area contributed by atoms with Gasteiger partial charge in [0, 0.05) is 17.7 Å². The molecule has 0 amide bonds. The predicted octanol–water partition coefficient (Wildman–Crippen LogP) is 3.73. The first kappa shape index (κ1) is 20.3. The van der Waals surface area contributed by atoms with Gasteiger partial charge in [0.05, 0.1) is 33.2 Å². The SMILES string of the molecule is COC(=O)c1cc(C(=O)OCC(=O)c2ccc(Cl)c(Cl)c2)cc([N+](=O)[O-])c1. The van der Waals surface area contributed by atoms with Gasteiger partial charge in [-0.15, -0.1) is 0 Å². The summed E-state index contributed by atoms with van der Waals surface area (Å²) in [5, 5.41) is 11.4. The van der Waals surface area contributed by atoms with Crippen LogP contribution in [-0.2, 0) is 9.47 Å². The normalized spacial score (nSPS) is 10.2. The lowest BCUT2D eigenvalue weighted by Crippen LogP contribution is -2.15. The third-order valence-electron chi connectivity index (χ3n) is 3.36. The first-order chi connectivity index (χ1) is 12.7. The Morgan fingerprint density at radius 1 is 0.963 bits per heavy atom. The molecule has 0 bridgehead atoms. The van der Waals surface area contributed by atoms with Gasteiger partial charge in [0.1, 0.15) is 0 Å². The molecule has 0 spiro atoms. The number of nitrogens with zero attached hydrogens (tertiary/aromatic N) is 1. The molecule has 140 valence electrons. The number of Topliss-reactive ketones (excluding diaryl/α,β-unsaturated/α-hetero) is 1. The van der Waals surface area contributed by atoms with E-state index in [0.29, 0.717) is 0 Å². The van der Waals surface area contributed by atoms with Crippen molar-refractivity contribution in [3.8, 4) is 0 Å². The first-order valence-electron chi connectivity index (χ1n) is 7.26. The molecule has 0 saturated carbocycles. The minimum atomic E-state index is -1.02. The van der Waals surface area contributed by atoms with Crippen LogP contribution in [0.2, 0.25) is 10.0 Å². The summed E-state index contributed by atoms with van der Waals surface area (Å²) < 4.78 is 9.37. The highest BCUT2D eigenvalue weighted by molar-refractivity contribution is 6.42. The molecule has 0 heterocycles. The van der Waals surface area contributed by atoms with Crippen LogP contribution < -0.4 is 0 Å². The minimum Gasteiger partial charge on any atom is -0.465 e. The van der Waals surface area contributed by atoms with E-state index in [0.717, 1.165) is 25.3 Å². The summed E-state index contributed by atoms with van der Waals surface area (Å²) >= 11 is 11.6. The Hall–Kier alpha value is -2.97. The molecule has 0 radical (unpaired) electrons. The van der Waals surface area contributed by atoms with Gasteiger partial charge in [0.15, 0.2) is 12.4 Å². The van der Waals surface area contributed by atoms with Crippen molar-refractivity contribution in [2.45, 2.75) is 0 Å². The predicted molar refractivity (Wildman–Crippen MR) is 95.5 cm³/mol. The molecule has 0 aliphatic heterocycles. The number of carbonyl (C=O) groups excluding carboxylic acids is 3. The molecule has 2 aromatic carbocycles. The van der Waals surface area contributed by atoms with Crippen molar-refractivity contribution in [2.24, 2.45) is 0 Å². The summed E-state index contributed by atoms with van der Waals surface area (Å²) in [6.07, 6.45) is 0. The van der Waals surface area contributed by atoms with Gasteiger partial charge in [-0.1, -0.05) is 23.2 Å². The van der Waals surface area contributed by atoms with E-state index in [1.165, 1.54) is 18.2 Å². The van der Waals surface area contributed by atoms with Crippen molar-refractivity contribution in [3.63, 3.8) is 0 Å². The number of methoxy groups -OCH3 is 1. The molecule has 10 heteroatoms. The van der Waals surface area contributed by atoms with Crippen LogP contribution in [0, 0.1) is 10.1 Å². The third kappa shape index (κ3) is 5.02. The lowest BCUT2D eigenvalue weighted by atomic mass is 10.1. The molecular formula is C17H11Cl2NO7. The van der Waals surface area contributed by atoms with E-state index in [2.05, 4.69) is 4.74 Å². The molecule has 2 rings (SSSR count). The Morgan fingerprint density at radius 3 is 2.15 bits per heavy atom. The zero-order valence-corrected chi connectivity index (χ0v) is 15.2. The lowest BCUT2D eigenvalue weighted by Gasteiger charge is -2.07. The van der Waals surface area contributed by atoms with Gasteiger partial charge in [-0.3, -0.25) is 14.9 Å². The smallest absolute Gasteiger partial charge is 0.338 e. The number of nitro groups is 1. The van der Waals surface area contributed by atoms with E-state index < -0.39 is 34.9 Å². The number of halogens is 2. The third-order valence-corrected chi connectivity index (χ3v) is 4.10. The van der Waals surface area contributed by atoms with Crippen LogP contribution in [0.25, 0.3) is 0 Å². The van der Waals surface area contributed by atoms with E-state index in [1.807, 2.05) is 0 Å². The average molecular weight is 412 g/mol. The molecule has 27 heavy (non-hydrogen) atoms. The second-order valence-electron chi connectivity index (χ2n) is 5.15. The lowest BCUT2D eigenvalue weighted by molar-refractivity contribution is -0.384. The van der Waals surface area contributed by atoms with E-state index in [1.54, 1.807) is 0 Å². The molecule has 0 saturated heterocycles. The van der Waals surface area contributed by atoms with Crippen molar-refractivity contribution in [3.05, 3.63) is 73.2 Å². The van der Waals surface area contributed by atoms with Crippen LogP contribution >= 0.6 is 23.2 Å². The zero-order chi connectivity index (χ0) is 20.1. The van der Waals surface area contributed by atoms with Gasteiger partial charge in [-0.25, -0.2) is 9.59 Å². The molecule has 2 aromatic rings. The number of nitro benzene ring substituents is 1. The highest BCUT2D eigenvalue weighted by Gasteiger charge is 2.20. The maximum atomic E-state index is 12.1. The quantitative estimate of drug-likeness (QED) is 0.308. The summed E-state index contributed by atoms with van der Waals surface area (Å²) in [6, 6.07) is 7.12. The maximum Gasteiger partial charge on any atom is 0.338 e. The number of benzene rings is 2. The number of non-ortho nitro benzene ring substituents is 1. The van der Waals surface area contributed by atoms with Gasteiger partial charge in [0.2, 0.25) is 0 Å². The monoisotopic (exact) mass is 411 g/mol. The van der Waals surface area contributed by atoms with Crippen LogP contribution in [0.15, 0.2) is 36.4 Å². The van der Waals surface area contributed by atoms with Gasteiger partial charge in [-0.2, -0.15) is 0 Å². The van der Waals surface area contributed by atoms with E-state index in [9.17, 15) is 24.5 Å². The van der Waals surface area contributed by atoms with Gasteiger partial charge in [-0.05, 0) is 24.3 Å². The van der Waals surface area contributed by atoms with Crippen LogP contribution in [0.4, 0.5) is 5.69 Å². The zero-order valence-electron chi connectivity index (χ0n) is 13.7. The number of hydrogen-bond acceptors (Lipinski definition) is 7. The Balaban J connectivity index is 2.18. The molecule has 0 aliphatic carbocycles. The molecule has 0 N–H and O–H groups in total. The number of hydrogen-bond donors (Lipinski definition) is 0. The van der Waals surface area contributed by atoms with Crippen LogP contribution in [0.5, 0.6) is 0 Å². The highest BCUT2D eigenvalue weighted by atomic mass is 35.5. The van der Waals surface area contributed by atoms with Gasteiger partial charge < -0.3 is 9.47 Å². The van der Waals surface area contributed by atoms with Crippen LogP contribution in [-0.4, -0.2) is 36.4 Å². The highest BCUT2D eigenvalue weighted by Crippen LogP contribution is 2.23. The second kappa shape index (κ2) is 8.61. The fourth-order valence-corrected chi connectivity index (χ4v) is 2.34. The Bertz CT molecular complexity index is 943. The number of ether oxygens (including phenoxy) is 2. The van der Waals surface area contributed by atoms with Crippen molar-refractivity contribution in [1.82, 2.24) is 0 Å². The van der Waals surface area contributed by atoms with Crippen molar-refractivity contribution >= 4 is 46.6 Å². The summed E-state index contributed by atoms with van der Waals surface area (Å²) in [5.74, 6) is -2.43. The fourth-order valence-electron chi connectivity index (χ4n) is 2.04. The largest absolute Gasteiger partial charge is 0.465 e. The molecule has 8 nitrogen and oxygen atoms in total. The van der Waals surface area contributed by atoms with E-state index >= 15 is 0 Å². The molecule has 0 aliphatic rings. The topological polar surface area (TPSA) is 113 Å². The Labute approximate surface area is 162 Å². The van der Waals surface area contributed by atoms with Gasteiger partial charge >= 0.3 is 11.9 Å². The molecule has 0 fully saturated rings.